The van der Waals surface area contributed by atoms with Crippen molar-refractivity contribution < 1.29 is 4.79 Å². The largest absolute Gasteiger partial charge is 0.345 e. The van der Waals surface area contributed by atoms with Crippen LogP contribution in [-0.2, 0) is 6.54 Å². The molecule has 1 atom stereocenters. The van der Waals surface area contributed by atoms with Gasteiger partial charge in [0.05, 0.1) is 29.0 Å². The van der Waals surface area contributed by atoms with E-state index in [9.17, 15) is 4.79 Å². The van der Waals surface area contributed by atoms with Crippen LogP contribution in [0.15, 0.2) is 42.7 Å². The molecular weight excluding hydrogens is 326 g/mol. The molecule has 1 fully saturated rings. The van der Waals surface area contributed by atoms with Crippen LogP contribution in [0.1, 0.15) is 40.5 Å². The fourth-order valence-corrected chi connectivity index (χ4v) is 3.82. The van der Waals surface area contributed by atoms with Gasteiger partial charge in [-0.15, -0.1) is 0 Å². The van der Waals surface area contributed by atoms with E-state index in [0.29, 0.717) is 5.56 Å². The number of likely N-dealkylation sites (tertiary alicyclic amines) is 1. The zero-order valence-corrected chi connectivity index (χ0v) is 15.1. The molecule has 4 rings (SSSR count). The minimum Gasteiger partial charge on any atom is -0.345 e. The van der Waals surface area contributed by atoms with Crippen molar-refractivity contribution in [2.75, 3.05) is 20.6 Å². The van der Waals surface area contributed by atoms with E-state index >= 15 is 0 Å². The van der Waals surface area contributed by atoms with Crippen molar-refractivity contribution in [2.45, 2.75) is 25.4 Å². The number of hydrogen-bond acceptors (Lipinski definition) is 4. The van der Waals surface area contributed by atoms with Gasteiger partial charge in [0.15, 0.2) is 0 Å². The van der Waals surface area contributed by atoms with Gasteiger partial charge < -0.3 is 4.90 Å². The molecule has 1 unspecified atom stereocenters. The Morgan fingerprint density at radius 3 is 3.00 bits per heavy atom. The number of aromatic amines is 1. The number of amides is 1. The van der Waals surface area contributed by atoms with Gasteiger partial charge in [-0.25, -0.2) is 0 Å². The highest BCUT2D eigenvalue weighted by molar-refractivity contribution is 5.94. The molecule has 0 radical (unpaired) electrons. The molecule has 3 aromatic rings. The lowest BCUT2D eigenvalue weighted by molar-refractivity contribution is 0.0824. The highest BCUT2D eigenvalue weighted by Crippen LogP contribution is 2.34. The highest BCUT2D eigenvalue weighted by atomic mass is 16.2. The smallest absolute Gasteiger partial charge is 0.256 e. The molecule has 1 aromatic carbocycles. The Hall–Kier alpha value is -2.73. The van der Waals surface area contributed by atoms with E-state index < -0.39 is 0 Å². The minimum absolute atomic E-state index is 0.00467. The summed E-state index contributed by atoms with van der Waals surface area (Å²) < 4.78 is 0. The summed E-state index contributed by atoms with van der Waals surface area (Å²) in [5.41, 5.74) is 3.89. The van der Waals surface area contributed by atoms with Gasteiger partial charge in [0.1, 0.15) is 0 Å². The number of rotatable bonds is 4. The van der Waals surface area contributed by atoms with Crippen LogP contribution >= 0.6 is 0 Å². The molecule has 1 N–H and O–H groups in total. The summed E-state index contributed by atoms with van der Waals surface area (Å²) in [6.07, 6.45) is 5.66. The first-order valence-corrected chi connectivity index (χ1v) is 8.96. The van der Waals surface area contributed by atoms with Crippen LogP contribution in [0.25, 0.3) is 10.9 Å². The normalized spacial score (nSPS) is 17.7. The van der Waals surface area contributed by atoms with Crippen molar-refractivity contribution in [3.05, 3.63) is 59.5 Å². The average Bonchev–Trinajstić information content (AvgIpc) is 3.30. The molecule has 3 heterocycles. The van der Waals surface area contributed by atoms with Gasteiger partial charge in [-0.3, -0.25) is 19.8 Å². The summed E-state index contributed by atoms with van der Waals surface area (Å²) in [5, 5.41) is 8.43. The first-order chi connectivity index (χ1) is 12.6. The minimum atomic E-state index is -0.00467. The molecule has 1 amide bonds. The second kappa shape index (κ2) is 6.88. The first kappa shape index (κ1) is 16.7. The molecule has 1 aliphatic heterocycles. The molecule has 6 nitrogen and oxygen atoms in total. The van der Waals surface area contributed by atoms with Crippen LogP contribution in [-0.4, -0.2) is 51.5 Å². The number of H-pyrrole nitrogens is 1. The maximum absolute atomic E-state index is 12.5. The van der Waals surface area contributed by atoms with Gasteiger partial charge in [-0.05, 0) is 37.1 Å². The number of aromatic nitrogens is 3. The van der Waals surface area contributed by atoms with E-state index in [1.165, 1.54) is 10.9 Å². The van der Waals surface area contributed by atoms with E-state index in [0.717, 1.165) is 37.1 Å². The Labute approximate surface area is 152 Å². The average molecular weight is 349 g/mol. The van der Waals surface area contributed by atoms with Crippen LogP contribution in [0.4, 0.5) is 0 Å². The second-order valence-electron chi connectivity index (χ2n) is 7.01. The zero-order chi connectivity index (χ0) is 18.1. The fraction of sp³-hybridized carbons (Fsp3) is 0.350. The van der Waals surface area contributed by atoms with Gasteiger partial charge in [-0.2, -0.15) is 5.10 Å². The maximum atomic E-state index is 12.5. The highest BCUT2D eigenvalue weighted by Gasteiger charge is 2.31. The van der Waals surface area contributed by atoms with Crippen molar-refractivity contribution in [3.63, 3.8) is 0 Å². The molecule has 26 heavy (non-hydrogen) atoms. The van der Waals surface area contributed by atoms with Crippen LogP contribution < -0.4 is 0 Å². The summed E-state index contributed by atoms with van der Waals surface area (Å²) in [5.74, 6) is -0.00467. The van der Waals surface area contributed by atoms with Gasteiger partial charge in [-0.1, -0.05) is 18.2 Å². The van der Waals surface area contributed by atoms with Gasteiger partial charge >= 0.3 is 0 Å². The molecule has 1 saturated heterocycles. The lowest BCUT2D eigenvalue weighted by Crippen LogP contribution is -2.27. The van der Waals surface area contributed by atoms with E-state index in [1.807, 2.05) is 18.3 Å². The zero-order valence-electron chi connectivity index (χ0n) is 15.1. The number of benzene rings is 1. The summed E-state index contributed by atoms with van der Waals surface area (Å²) in [7, 11) is 3.54. The van der Waals surface area contributed by atoms with E-state index in [2.05, 4.69) is 38.3 Å². The van der Waals surface area contributed by atoms with Crippen LogP contribution in [0.2, 0.25) is 0 Å². The lowest BCUT2D eigenvalue weighted by Gasteiger charge is -2.25. The molecular formula is C20H23N5O. The summed E-state index contributed by atoms with van der Waals surface area (Å²) in [4.78, 5) is 21.0. The first-order valence-electron chi connectivity index (χ1n) is 8.96. The fourth-order valence-electron chi connectivity index (χ4n) is 3.82. The third-order valence-electron chi connectivity index (χ3n) is 5.12. The Morgan fingerprint density at radius 1 is 1.31 bits per heavy atom. The van der Waals surface area contributed by atoms with Gasteiger partial charge in [0.2, 0.25) is 0 Å². The standard InChI is InChI=1S/C20H23N5O/c1-24(2)20(26)16-12-22-23-19(16)18-8-5-11-25(18)13-14-9-10-21-17-7-4-3-6-15(14)17/h3-4,6-7,9-10,12,18H,5,8,11,13H2,1-2H3,(H,22,23). The molecule has 0 spiro atoms. The van der Waals surface area contributed by atoms with E-state index in [4.69, 9.17) is 0 Å². The molecule has 1 aliphatic rings. The van der Waals surface area contributed by atoms with Crippen molar-refractivity contribution in [3.8, 4) is 0 Å². The van der Waals surface area contributed by atoms with Crippen molar-refractivity contribution in [1.29, 1.82) is 0 Å². The summed E-state index contributed by atoms with van der Waals surface area (Å²) in [6, 6.07) is 10.5. The predicted molar refractivity (Wildman–Crippen MR) is 101 cm³/mol. The molecule has 6 heteroatoms. The lowest BCUT2D eigenvalue weighted by atomic mass is 10.0. The number of fused-ring (bicyclic) bond motifs is 1. The van der Waals surface area contributed by atoms with Crippen LogP contribution in [0, 0.1) is 0 Å². The van der Waals surface area contributed by atoms with Crippen molar-refractivity contribution in [2.24, 2.45) is 0 Å². The Morgan fingerprint density at radius 2 is 2.15 bits per heavy atom. The number of nitrogens with zero attached hydrogens (tertiary/aromatic N) is 4. The number of para-hydroxylation sites is 1. The van der Waals surface area contributed by atoms with Crippen molar-refractivity contribution >= 4 is 16.8 Å². The SMILES string of the molecule is CN(C)C(=O)c1cn[nH]c1C1CCCN1Cc1ccnc2ccccc12. The Kier molecular flexibility index (Phi) is 4.42. The van der Waals surface area contributed by atoms with Crippen molar-refractivity contribution in [1.82, 2.24) is 25.0 Å². The number of pyridine rings is 1. The summed E-state index contributed by atoms with van der Waals surface area (Å²) >= 11 is 0. The van der Waals surface area contributed by atoms with E-state index in [1.54, 1.807) is 25.2 Å². The number of carbonyl (C=O) groups excluding carboxylic acids is 1. The Bertz CT molecular complexity index is 927. The third-order valence-corrected chi connectivity index (χ3v) is 5.12. The number of carbonyl (C=O) groups is 1. The Balaban J connectivity index is 1.64. The molecule has 134 valence electrons. The van der Waals surface area contributed by atoms with Gasteiger partial charge in [0, 0.05) is 32.2 Å². The molecule has 0 aliphatic carbocycles. The van der Waals surface area contributed by atoms with Crippen LogP contribution in [0.5, 0.6) is 0 Å². The monoisotopic (exact) mass is 349 g/mol. The number of nitrogens with one attached hydrogen (secondary N) is 1. The predicted octanol–water partition coefficient (Wildman–Crippen LogP) is 3.00. The summed E-state index contributed by atoms with van der Waals surface area (Å²) in [6.45, 7) is 1.85. The quantitative estimate of drug-likeness (QED) is 0.786. The third kappa shape index (κ3) is 2.97. The number of hydrogen-bond donors (Lipinski definition) is 1. The second-order valence-corrected chi connectivity index (χ2v) is 7.01. The molecule has 0 bridgehead atoms. The van der Waals surface area contributed by atoms with E-state index in [-0.39, 0.29) is 11.9 Å². The molecule has 2 aromatic heterocycles. The topological polar surface area (TPSA) is 65.1 Å². The molecule has 0 saturated carbocycles. The maximum Gasteiger partial charge on any atom is 0.256 e. The van der Waals surface area contributed by atoms with Crippen LogP contribution in [0.3, 0.4) is 0 Å². The van der Waals surface area contributed by atoms with Gasteiger partial charge in [0.25, 0.3) is 5.91 Å².